The number of rotatable bonds is 7. The normalized spacial score (nSPS) is 11.3. The summed E-state index contributed by atoms with van der Waals surface area (Å²) in [4.78, 5) is 19.4. The molecule has 0 atom stereocenters. The first-order valence-electron chi connectivity index (χ1n) is 6.31. The molecule has 2 N–H and O–H groups in total. The highest BCUT2D eigenvalue weighted by Crippen LogP contribution is 2.41. The summed E-state index contributed by atoms with van der Waals surface area (Å²) in [5.41, 5.74) is 2.03. The Kier molecular flexibility index (Phi) is 5.85. The van der Waals surface area contributed by atoms with Crippen molar-refractivity contribution in [1.82, 2.24) is 0 Å². The van der Waals surface area contributed by atoms with Crippen LogP contribution in [-0.2, 0) is 8.54 Å². The summed E-state index contributed by atoms with van der Waals surface area (Å²) in [7, 11) is -4.43. The maximum Gasteiger partial charge on any atom is 0.480 e. The molecule has 0 radical (unpaired) electrons. The van der Waals surface area contributed by atoms with Gasteiger partial charge in [0, 0.05) is 35.7 Å². The van der Waals surface area contributed by atoms with Crippen molar-refractivity contribution in [1.29, 1.82) is 0 Å². The summed E-state index contributed by atoms with van der Waals surface area (Å²) in [5, 5.41) is 0. The highest BCUT2D eigenvalue weighted by atomic mass is 32.2. The molecule has 0 saturated carbocycles. The largest absolute Gasteiger partial charge is 0.480 e. The molecule has 0 aliphatic rings. The zero-order chi connectivity index (χ0) is 15.1. The van der Waals surface area contributed by atoms with E-state index in [0.717, 1.165) is 23.4 Å². The molecule has 0 amide bonds. The van der Waals surface area contributed by atoms with Crippen LogP contribution in [0.5, 0.6) is 0 Å². The lowest BCUT2D eigenvalue weighted by Crippen LogP contribution is -2.20. The fourth-order valence-electron chi connectivity index (χ4n) is 1.86. The third kappa shape index (κ3) is 5.53. The summed E-state index contributed by atoms with van der Waals surface area (Å²) in [6, 6.07) is 19.6. The average Bonchev–Trinajstić information content (AvgIpc) is 2.48. The number of para-hydroxylation sites is 2. The van der Waals surface area contributed by atoms with Crippen molar-refractivity contribution < 1.29 is 18.3 Å². The van der Waals surface area contributed by atoms with Crippen LogP contribution in [0.25, 0.3) is 0 Å². The predicted octanol–water partition coefficient (Wildman–Crippen LogP) is 3.58. The van der Waals surface area contributed by atoms with Crippen molar-refractivity contribution in [2.24, 2.45) is 0 Å². The van der Waals surface area contributed by atoms with Crippen molar-refractivity contribution in [2.45, 2.75) is 0 Å². The molecule has 2 rings (SSSR count). The second-order valence-corrected chi connectivity index (χ2v) is 6.43. The molecule has 5 nitrogen and oxygen atoms in total. The Hall–Kier alpha value is -1.30. The SMILES string of the molecule is O=P(O)(O)OSCCN(c1ccccc1)c1ccccc1. The second-order valence-electron chi connectivity index (χ2n) is 4.21. The molecule has 0 aliphatic carbocycles. The van der Waals surface area contributed by atoms with Crippen molar-refractivity contribution >= 4 is 31.2 Å². The topological polar surface area (TPSA) is 70.0 Å². The van der Waals surface area contributed by atoms with Gasteiger partial charge in [-0.05, 0) is 24.3 Å². The van der Waals surface area contributed by atoms with E-state index in [0.29, 0.717) is 12.3 Å². The first kappa shape index (κ1) is 16.1. The van der Waals surface area contributed by atoms with Gasteiger partial charge in [-0.2, -0.15) is 0 Å². The Labute approximate surface area is 128 Å². The van der Waals surface area contributed by atoms with E-state index in [9.17, 15) is 4.57 Å². The Balaban J connectivity index is 2.05. The summed E-state index contributed by atoms with van der Waals surface area (Å²) in [6.07, 6.45) is 0. The molecule has 7 heteroatoms. The molecule has 0 aromatic heterocycles. The Bertz CT molecular complexity index is 551. The van der Waals surface area contributed by atoms with Gasteiger partial charge >= 0.3 is 7.82 Å². The van der Waals surface area contributed by atoms with Gasteiger partial charge in [0.1, 0.15) is 0 Å². The average molecular weight is 325 g/mol. The first-order chi connectivity index (χ1) is 10.1. The number of nitrogens with zero attached hydrogens (tertiary/aromatic N) is 1. The van der Waals surface area contributed by atoms with Gasteiger partial charge < -0.3 is 14.7 Å². The fourth-order valence-corrected chi connectivity index (χ4v) is 2.96. The Morgan fingerprint density at radius 3 is 1.86 bits per heavy atom. The predicted molar refractivity (Wildman–Crippen MR) is 85.5 cm³/mol. The molecule has 0 heterocycles. The molecule has 0 aliphatic heterocycles. The number of anilines is 2. The smallest absolute Gasteiger partial charge is 0.341 e. The van der Waals surface area contributed by atoms with E-state index in [1.165, 1.54) is 0 Å². The van der Waals surface area contributed by atoms with Crippen LogP contribution in [0.2, 0.25) is 0 Å². The van der Waals surface area contributed by atoms with Crippen LogP contribution in [0.3, 0.4) is 0 Å². The molecular weight excluding hydrogens is 309 g/mol. The lowest BCUT2D eigenvalue weighted by atomic mass is 10.2. The van der Waals surface area contributed by atoms with E-state index in [-0.39, 0.29) is 0 Å². The van der Waals surface area contributed by atoms with Gasteiger partial charge in [-0.3, -0.25) is 0 Å². The van der Waals surface area contributed by atoms with E-state index in [2.05, 4.69) is 8.87 Å². The van der Waals surface area contributed by atoms with Crippen LogP contribution < -0.4 is 4.90 Å². The van der Waals surface area contributed by atoms with Gasteiger partial charge in [-0.1, -0.05) is 36.4 Å². The second kappa shape index (κ2) is 7.64. The molecule has 2 aromatic rings. The maximum atomic E-state index is 10.7. The lowest BCUT2D eigenvalue weighted by Gasteiger charge is -2.24. The van der Waals surface area contributed by atoms with Gasteiger partial charge in [-0.25, -0.2) is 8.54 Å². The van der Waals surface area contributed by atoms with Gasteiger partial charge in [0.05, 0.1) is 0 Å². The van der Waals surface area contributed by atoms with Gasteiger partial charge in [-0.15, -0.1) is 0 Å². The van der Waals surface area contributed by atoms with Crippen LogP contribution in [-0.4, -0.2) is 22.1 Å². The molecule has 2 aromatic carbocycles. The van der Waals surface area contributed by atoms with E-state index in [4.69, 9.17) is 9.79 Å². The molecule has 0 bridgehead atoms. The summed E-state index contributed by atoms with van der Waals surface area (Å²) in [5.74, 6) is 0.425. The zero-order valence-corrected chi connectivity index (χ0v) is 12.9. The van der Waals surface area contributed by atoms with Crippen LogP contribution in [0.4, 0.5) is 11.4 Å². The van der Waals surface area contributed by atoms with Crippen LogP contribution in [0, 0.1) is 0 Å². The molecule has 0 unspecified atom stereocenters. The zero-order valence-electron chi connectivity index (χ0n) is 11.2. The first-order valence-corrected chi connectivity index (χ1v) is 8.75. The maximum absolute atomic E-state index is 10.7. The minimum absolute atomic E-state index is 0.425. The van der Waals surface area contributed by atoms with E-state index in [1.807, 2.05) is 60.7 Å². The van der Waals surface area contributed by atoms with Crippen molar-refractivity contribution in [2.75, 3.05) is 17.2 Å². The fraction of sp³-hybridized carbons (Fsp3) is 0.143. The van der Waals surface area contributed by atoms with Crippen LogP contribution >= 0.6 is 19.9 Å². The van der Waals surface area contributed by atoms with Crippen LogP contribution in [0.15, 0.2) is 60.7 Å². The van der Waals surface area contributed by atoms with Crippen molar-refractivity contribution in [3.63, 3.8) is 0 Å². The molecule has 0 fully saturated rings. The highest BCUT2D eigenvalue weighted by Gasteiger charge is 2.15. The quantitative estimate of drug-likeness (QED) is 0.461. The summed E-state index contributed by atoms with van der Waals surface area (Å²) < 4.78 is 15.1. The van der Waals surface area contributed by atoms with E-state index >= 15 is 0 Å². The number of hydrogen-bond acceptors (Lipinski definition) is 4. The lowest BCUT2D eigenvalue weighted by molar-refractivity contribution is 0.298. The monoisotopic (exact) mass is 325 g/mol. The molecule has 0 spiro atoms. The summed E-state index contributed by atoms with van der Waals surface area (Å²) >= 11 is 0.773. The van der Waals surface area contributed by atoms with Gasteiger partial charge in [0.15, 0.2) is 0 Å². The molecule has 0 saturated heterocycles. The van der Waals surface area contributed by atoms with Crippen LogP contribution in [0.1, 0.15) is 0 Å². The Morgan fingerprint density at radius 1 is 0.952 bits per heavy atom. The Morgan fingerprint density at radius 2 is 1.43 bits per heavy atom. The standard InChI is InChI=1S/C14H16NO4PS/c16-20(17,18)19-21-12-11-15(13-7-3-1-4-8-13)14-9-5-2-6-10-14/h1-10H,11-12H2,(H2,16,17,18). The third-order valence-electron chi connectivity index (χ3n) is 2.68. The number of hydrogen-bond donors (Lipinski definition) is 2. The highest BCUT2D eigenvalue weighted by molar-refractivity contribution is 7.97. The minimum Gasteiger partial charge on any atom is -0.341 e. The summed E-state index contributed by atoms with van der Waals surface area (Å²) in [6.45, 7) is 0.568. The molecule has 21 heavy (non-hydrogen) atoms. The van der Waals surface area contributed by atoms with Gasteiger partial charge in [0.2, 0.25) is 0 Å². The number of benzene rings is 2. The van der Waals surface area contributed by atoms with Crippen molar-refractivity contribution in [3.05, 3.63) is 60.7 Å². The van der Waals surface area contributed by atoms with E-state index in [1.54, 1.807) is 0 Å². The van der Waals surface area contributed by atoms with Crippen molar-refractivity contribution in [3.8, 4) is 0 Å². The minimum atomic E-state index is -4.43. The van der Waals surface area contributed by atoms with E-state index < -0.39 is 7.82 Å². The molecule has 112 valence electrons. The van der Waals surface area contributed by atoms with Gasteiger partial charge in [0.25, 0.3) is 0 Å². The third-order valence-corrected chi connectivity index (χ3v) is 4.23. The number of phosphoric acid groups is 1. The molecular formula is C14H16NO4PS.